The lowest BCUT2D eigenvalue weighted by atomic mass is 9.90. The van der Waals surface area contributed by atoms with Crippen LogP contribution in [-0.2, 0) is 11.2 Å². The van der Waals surface area contributed by atoms with E-state index in [2.05, 4.69) is 0 Å². The molecule has 4 heteroatoms. The van der Waals surface area contributed by atoms with Gasteiger partial charge in [0.2, 0.25) is 0 Å². The molecule has 0 radical (unpaired) electrons. The first-order chi connectivity index (χ1) is 7.68. The standard InChI is InChI=1S/C12H15F2NO/c13-10-3-1-2-8(12(10)14)6-9-7-16-5-4-11(9)15/h1-3,9,11H,4-7,15H2. The molecule has 1 heterocycles. The van der Waals surface area contributed by atoms with Crippen molar-refractivity contribution in [3.63, 3.8) is 0 Å². The molecule has 1 aromatic carbocycles. The van der Waals surface area contributed by atoms with Crippen molar-refractivity contribution in [3.8, 4) is 0 Å². The number of hydrogen-bond donors (Lipinski definition) is 1. The molecule has 0 bridgehead atoms. The van der Waals surface area contributed by atoms with Crippen LogP contribution in [0, 0.1) is 17.6 Å². The molecule has 0 aromatic heterocycles. The lowest BCUT2D eigenvalue weighted by Crippen LogP contribution is -2.39. The van der Waals surface area contributed by atoms with E-state index in [1.54, 1.807) is 6.07 Å². The summed E-state index contributed by atoms with van der Waals surface area (Å²) in [4.78, 5) is 0. The third-order valence-electron chi connectivity index (χ3n) is 3.05. The predicted molar refractivity (Wildman–Crippen MR) is 57.0 cm³/mol. The Kier molecular flexibility index (Phi) is 3.51. The van der Waals surface area contributed by atoms with E-state index in [0.29, 0.717) is 25.2 Å². The first-order valence-electron chi connectivity index (χ1n) is 5.44. The Hall–Kier alpha value is -1.00. The van der Waals surface area contributed by atoms with Gasteiger partial charge in [0.05, 0.1) is 6.61 Å². The van der Waals surface area contributed by atoms with Gasteiger partial charge in [0.15, 0.2) is 11.6 Å². The van der Waals surface area contributed by atoms with Crippen LogP contribution in [0.5, 0.6) is 0 Å². The summed E-state index contributed by atoms with van der Waals surface area (Å²) >= 11 is 0. The molecule has 0 amide bonds. The number of ether oxygens (including phenoxy) is 1. The molecule has 0 spiro atoms. The summed E-state index contributed by atoms with van der Waals surface area (Å²) < 4.78 is 31.7. The summed E-state index contributed by atoms with van der Waals surface area (Å²) in [7, 11) is 0. The highest BCUT2D eigenvalue weighted by Crippen LogP contribution is 2.21. The Morgan fingerprint density at radius 2 is 2.19 bits per heavy atom. The van der Waals surface area contributed by atoms with Crippen LogP contribution in [0.4, 0.5) is 8.78 Å². The smallest absolute Gasteiger partial charge is 0.162 e. The first-order valence-corrected chi connectivity index (χ1v) is 5.44. The van der Waals surface area contributed by atoms with Crippen molar-refractivity contribution in [1.82, 2.24) is 0 Å². The van der Waals surface area contributed by atoms with Gasteiger partial charge in [-0.3, -0.25) is 0 Å². The number of nitrogens with two attached hydrogens (primary N) is 1. The summed E-state index contributed by atoms with van der Waals surface area (Å²) in [5, 5.41) is 0. The summed E-state index contributed by atoms with van der Waals surface area (Å²) in [6.45, 7) is 1.18. The van der Waals surface area contributed by atoms with Crippen molar-refractivity contribution >= 4 is 0 Å². The number of benzene rings is 1. The largest absolute Gasteiger partial charge is 0.381 e. The highest BCUT2D eigenvalue weighted by molar-refractivity contribution is 5.19. The van der Waals surface area contributed by atoms with Crippen molar-refractivity contribution in [2.75, 3.05) is 13.2 Å². The Bertz CT molecular complexity index is 370. The van der Waals surface area contributed by atoms with Crippen LogP contribution in [0.15, 0.2) is 18.2 Å². The van der Waals surface area contributed by atoms with Gasteiger partial charge in [-0.1, -0.05) is 12.1 Å². The van der Waals surface area contributed by atoms with Crippen LogP contribution in [0.25, 0.3) is 0 Å². The van der Waals surface area contributed by atoms with E-state index < -0.39 is 11.6 Å². The van der Waals surface area contributed by atoms with Crippen molar-refractivity contribution in [2.24, 2.45) is 11.7 Å². The van der Waals surface area contributed by atoms with E-state index in [-0.39, 0.29) is 12.0 Å². The second-order valence-electron chi connectivity index (χ2n) is 4.20. The Morgan fingerprint density at radius 1 is 1.38 bits per heavy atom. The van der Waals surface area contributed by atoms with Crippen LogP contribution in [0.1, 0.15) is 12.0 Å². The Balaban J connectivity index is 2.10. The molecule has 0 aliphatic carbocycles. The fourth-order valence-corrected chi connectivity index (χ4v) is 2.01. The molecule has 2 unspecified atom stereocenters. The average molecular weight is 227 g/mol. The molecule has 16 heavy (non-hydrogen) atoms. The second kappa shape index (κ2) is 4.89. The molecule has 0 saturated carbocycles. The molecule has 88 valence electrons. The lowest BCUT2D eigenvalue weighted by molar-refractivity contribution is 0.0419. The zero-order valence-corrected chi connectivity index (χ0v) is 8.96. The Labute approximate surface area is 93.4 Å². The molecule has 2 nitrogen and oxygen atoms in total. The van der Waals surface area contributed by atoms with Crippen molar-refractivity contribution < 1.29 is 13.5 Å². The third kappa shape index (κ3) is 2.39. The zero-order chi connectivity index (χ0) is 11.5. The maximum absolute atomic E-state index is 13.4. The van der Waals surface area contributed by atoms with Gasteiger partial charge in [-0.15, -0.1) is 0 Å². The van der Waals surface area contributed by atoms with Gasteiger partial charge in [0, 0.05) is 18.6 Å². The van der Waals surface area contributed by atoms with Crippen molar-refractivity contribution in [3.05, 3.63) is 35.4 Å². The maximum Gasteiger partial charge on any atom is 0.162 e. The number of rotatable bonds is 2. The zero-order valence-electron chi connectivity index (χ0n) is 8.96. The molecule has 1 aliphatic heterocycles. The monoisotopic (exact) mass is 227 g/mol. The van der Waals surface area contributed by atoms with E-state index >= 15 is 0 Å². The minimum absolute atomic E-state index is 0.0106. The van der Waals surface area contributed by atoms with Gasteiger partial charge >= 0.3 is 0 Å². The highest BCUT2D eigenvalue weighted by Gasteiger charge is 2.24. The van der Waals surface area contributed by atoms with Crippen molar-refractivity contribution in [2.45, 2.75) is 18.9 Å². The fourth-order valence-electron chi connectivity index (χ4n) is 2.01. The molecule has 2 N–H and O–H groups in total. The van der Waals surface area contributed by atoms with Crippen LogP contribution in [0.3, 0.4) is 0 Å². The van der Waals surface area contributed by atoms with E-state index in [4.69, 9.17) is 10.5 Å². The minimum atomic E-state index is -0.803. The van der Waals surface area contributed by atoms with Gasteiger partial charge in [-0.05, 0) is 24.5 Å². The third-order valence-corrected chi connectivity index (χ3v) is 3.05. The van der Waals surface area contributed by atoms with E-state index in [1.807, 2.05) is 0 Å². The van der Waals surface area contributed by atoms with Crippen LogP contribution >= 0.6 is 0 Å². The number of halogens is 2. The van der Waals surface area contributed by atoms with Crippen molar-refractivity contribution in [1.29, 1.82) is 0 Å². The molecule has 1 fully saturated rings. The van der Waals surface area contributed by atoms with Gasteiger partial charge in [0.25, 0.3) is 0 Å². The van der Waals surface area contributed by atoms with E-state index in [1.165, 1.54) is 6.07 Å². The van der Waals surface area contributed by atoms with E-state index in [9.17, 15) is 8.78 Å². The quantitative estimate of drug-likeness (QED) is 0.837. The molecule has 1 aromatic rings. The fraction of sp³-hybridized carbons (Fsp3) is 0.500. The maximum atomic E-state index is 13.4. The minimum Gasteiger partial charge on any atom is -0.381 e. The normalized spacial score (nSPS) is 25.7. The van der Waals surface area contributed by atoms with E-state index in [0.717, 1.165) is 12.5 Å². The molecular formula is C12H15F2NO. The second-order valence-corrected chi connectivity index (χ2v) is 4.20. The lowest BCUT2D eigenvalue weighted by Gasteiger charge is -2.28. The summed E-state index contributed by atoms with van der Waals surface area (Å²) in [5.74, 6) is -1.49. The Morgan fingerprint density at radius 3 is 2.94 bits per heavy atom. The first kappa shape index (κ1) is 11.5. The highest BCUT2D eigenvalue weighted by atomic mass is 19.2. The molecular weight excluding hydrogens is 212 g/mol. The average Bonchev–Trinajstić information content (AvgIpc) is 2.28. The summed E-state index contributed by atoms with van der Waals surface area (Å²) in [5.41, 5.74) is 6.30. The molecule has 1 saturated heterocycles. The summed E-state index contributed by atoms with van der Waals surface area (Å²) in [6, 6.07) is 4.25. The molecule has 1 aliphatic rings. The molecule has 2 atom stereocenters. The van der Waals surface area contributed by atoms with Crippen LogP contribution in [0.2, 0.25) is 0 Å². The topological polar surface area (TPSA) is 35.2 Å². The van der Waals surface area contributed by atoms with Crippen LogP contribution < -0.4 is 5.73 Å². The van der Waals surface area contributed by atoms with Gasteiger partial charge in [-0.2, -0.15) is 0 Å². The van der Waals surface area contributed by atoms with Gasteiger partial charge in [-0.25, -0.2) is 8.78 Å². The van der Waals surface area contributed by atoms with Gasteiger partial charge < -0.3 is 10.5 Å². The van der Waals surface area contributed by atoms with Gasteiger partial charge in [0.1, 0.15) is 0 Å². The predicted octanol–water partition coefficient (Wildman–Crippen LogP) is 1.87. The SMILES string of the molecule is NC1CCOCC1Cc1cccc(F)c1F. The summed E-state index contributed by atoms with van der Waals surface area (Å²) in [6.07, 6.45) is 1.21. The number of hydrogen-bond acceptors (Lipinski definition) is 2. The van der Waals surface area contributed by atoms with Crippen LogP contribution in [-0.4, -0.2) is 19.3 Å². The molecule has 2 rings (SSSR count).